The highest BCUT2D eigenvalue weighted by Crippen LogP contribution is 2.43. The van der Waals surface area contributed by atoms with Gasteiger partial charge in [0.1, 0.15) is 0 Å². The maximum atomic E-state index is 13.3. The number of para-hydroxylation sites is 1. The van der Waals surface area contributed by atoms with E-state index in [1.54, 1.807) is 0 Å². The number of hydrogen-bond acceptors (Lipinski definition) is 5. The van der Waals surface area contributed by atoms with Crippen LogP contribution in [-0.4, -0.2) is 5.91 Å². The zero-order valence-corrected chi connectivity index (χ0v) is 19.7. The highest BCUT2D eigenvalue weighted by atomic mass is 35.5. The third kappa shape index (κ3) is 4.76. The van der Waals surface area contributed by atoms with Gasteiger partial charge in [-0.2, -0.15) is 5.26 Å². The summed E-state index contributed by atoms with van der Waals surface area (Å²) in [5.41, 5.74) is 3.53. The highest BCUT2D eigenvalue weighted by Gasteiger charge is 2.35. The Labute approximate surface area is 200 Å². The molecule has 1 aromatic heterocycles. The van der Waals surface area contributed by atoms with Crippen LogP contribution in [0.15, 0.2) is 94.0 Å². The molecule has 2 N–H and O–H groups in total. The molecule has 32 heavy (non-hydrogen) atoms. The maximum Gasteiger partial charge on any atom is 0.254 e. The topological polar surface area (TPSA) is 64.9 Å². The van der Waals surface area contributed by atoms with E-state index in [-0.39, 0.29) is 5.91 Å². The summed E-state index contributed by atoms with van der Waals surface area (Å²) in [6.07, 6.45) is 0. The van der Waals surface area contributed by atoms with Crippen LogP contribution in [-0.2, 0) is 10.5 Å². The third-order valence-corrected chi connectivity index (χ3v) is 7.45. The average molecular weight is 478 g/mol. The summed E-state index contributed by atoms with van der Waals surface area (Å²) in [4.78, 5) is 14.3. The summed E-state index contributed by atoms with van der Waals surface area (Å²) in [5, 5.41) is 19.8. The molecule has 7 heteroatoms. The second-order valence-electron chi connectivity index (χ2n) is 7.17. The van der Waals surface area contributed by atoms with Crippen LogP contribution in [0.5, 0.6) is 0 Å². The zero-order chi connectivity index (χ0) is 22.5. The fraction of sp³-hybridized carbons (Fsp3) is 0.120. The molecule has 2 aromatic carbocycles. The van der Waals surface area contributed by atoms with Crippen molar-refractivity contribution in [1.29, 1.82) is 5.26 Å². The van der Waals surface area contributed by atoms with E-state index in [1.807, 2.05) is 79.0 Å². The van der Waals surface area contributed by atoms with Crippen LogP contribution in [0.4, 0.5) is 5.69 Å². The Bertz CT molecular complexity index is 1230. The van der Waals surface area contributed by atoms with Crippen molar-refractivity contribution in [3.8, 4) is 6.07 Å². The molecule has 0 saturated heterocycles. The minimum atomic E-state index is -0.432. The summed E-state index contributed by atoms with van der Waals surface area (Å²) in [6, 6.07) is 23.3. The molecule has 0 fully saturated rings. The standard InChI is InChI=1S/C25H20ClN3OS2/c1-16-22(24(30)29-18-9-3-2-4-10-18)23(21-12-7-13-31-21)19(14-27)25(28-16)32-15-17-8-5-6-11-20(17)26/h2-13,23,28H,15H2,1H3,(H,29,30). The monoisotopic (exact) mass is 477 g/mol. The Hall–Kier alpha value is -2.98. The Morgan fingerprint density at radius 1 is 1.16 bits per heavy atom. The van der Waals surface area contributed by atoms with Crippen molar-refractivity contribution < 1.29 is 4.79 Å². The highest BCUT2D eigenvalue weighted by molar-refractivity contribution is 8.02. The van der Waals surface area contributed by atoms with Crippen molar-refractivity contribution in [3.05, 3.63) is 109 Å². The van der Waals surface area contributed by atoms with E-state index in [9.17, 15) is 10.1 Å². The summed E-state index contributed by atoms with van der Waals surface area (Å²) < 4.78 is 0. The lowest BCUT2D eigenvalue weighted by atomic mass is 9.86. The Morgan fingerprint density at radius 2 is 1.91 bits per heavy atom. The molecule has 0 spiro atoms. The summed E-state index contributed by atoms with van der Waals surface area (Å²) in [5.74, 6) is -0.0374. The fourth-order valence-electron chi connectivity index (χ4n) is 3.55. The normalized spacial score (nSPS) is 15.8. The number of thioether (sulfide) groups is 1. The summed E-state index contributed by atoms with van der Waals surface area (Å²) in [6.45, 7) is 1.88. The number of hydrogen-bond donors (Lipinski definition) is 2. The number of nitrogens with zero attached hydrogens (tertiary/aromatic N) is 1. The van der Waals surface area contributed by atoms with Gasteiger partial charge in [-0.15, -0.1) is 23.1 Å². The van der Waals surface area contributed by atoms with E-state index >= 15 is 0 Å². The van der Waals surface area contributed by atoms with Gasteiger partial charge in [-0.05, 0) is 42.1 Å². The van der Waals surface area contributed by atoms with Crippen molar-refractivity contribution in [3.63, 3.8) is 0 Å². The second kappa shape index (κ2) is 10.1. The number of carbonyl (C=O) groups is 1. The molecule has 0 bridgehead atoms. The number of halogens is 1. The van der Waals surface area contributed by atoms with Crippen molar-refractivity contribution in [1.82, 2.24) is 5.32 Å². The molecule has 1 amide bonds. The Balaban J connectivity index is 1.68. The first-order valence-electron chi connectivity index (χ1n) is 9.96. The molecular weight excluding hydrogens is 458 g/mol. The van der Waals surface area contributed by atoms with E-state index < -0.39 is 5.92 Å². The molecule has 4 nitrogen and oxygen atoms in total. The van der Waals surface area contributed by atoms with E-state index in [0.29, 0.717) is 27.6 Å². The van der Waals surface area contributed by atoms with Crippen molar-refractivity contribution >= 4 is 46.3 Å². The lowest BCUT2D eigenvalue weighted by Gasteiger charge is -2.29. The number of carbonyl (C=O) groups excluding carboxylic acids is 1. The summed E-state index contributed by atoms with van der Waals surface area (Å²) in [7, 11) is 0. The van der Waals surface area contributed by atoms with Crippen molar-refractivity contribution in [2.45, 2.75) is 18.6 Å². The molecule has 1 unspecified atom stereocenters. The van der Waals surface area contributed by atoms with E-state index in [1.165, 1.54) is 23.1 Å². The van der Waals surface area contributed by atoms with Gasteiger partial charge in [-0.3, -0.25) is 4.79 Å². The number of nitrogens with one attached hydrogen (secondary N) is 2. The molecule has 0 saturated carbocycles. The number of anilines is 1. The van der Waals surface area contributed by atoms with Crippen molar-refractivity contribution in [2.24, 2.45) is 0 Å². The number of thiophene rings is 1. The smallest absolute Gasteiger partial charge is 0.254 e. The van der Waals surface area contributed by atoms with Gasteiger partial charge in [0.2, 0.25) is 0 Å². The molecule has 1 aliphatic heterocycles. The number of benzene rings is 2. The van der Waals surface area contributed by atoms with Crippen LogP contribution in [0, 0.1) is 11.3 Å². The van der Waals surface area contributed by atoms with Crippen LogP contribution in [0.2, 0.25) is 5.02 Å². The predicted octanol–water partition coefficient (Wildman–Crippen LogP) is 6.67. The molecular formula is C25H20ClN3OS2. The van der Waals surface area contributed by atoms with Gasteiger partial charge < -0.3 is 10.6 Å². The second-order valence-corrected chi connectivity index (χ2v) is 9.54. The van der Waals surface area contributed by atoms with Crippen molar-refractivity contribution in [2.75, 3.05) is 5.32 Å². The van der Waals surface area contributed by atoms with Gasteiger partial charge in [-0.1, -0.05) is 54.1 Å². The van der Waals surface area contributed by atoms with E-state index in [4.69, 9.17) is 11.6 Å². The SMILES string of the molecule is CC1=C(C(=O)Nc2ccccc2)C(c2cccs2)C(C#N)=C(SCc2ccccc2Cl)N1. The molecule has 1 atom stereocenters. The zero-order valence-electron chi connectivity index (χ0n) is 17.3. The van der Waals surface area contributed by atoms with Crippen LogP contribution >= 0.6 is 34.7 Å². The van der Waals surface area contributed by atoms with E-state index in [2.05, 4.69) is 16.7 Å². The largest absolute Gasteiger partial charge is 0.353 e. The van der Waals surface area contributed by atoms with Gasteiger partial charge in [0, 0.05) is 32.6 Å². The predicted molar refractivity (Wildman–Crippen MR) is 133 cm³/mol. The van der Waals surface area contributed by atoms with Gasteiger partial charge in [-0.25, -0.2) is 0 Å². The number of nitriles is 1. The molecule has 1 aliphatic rings. The lowest BCUT2D eigenvalue weighted by molar-refractivity contribution is -0.113. The Kier molecular flexibility index (Phi) is 7.01. The van der Waals surface area contributed by atoms with E-state index in [0.717, 1.165) is 21.2 Å². The first-order valence-corrected chi connectivity index (χ1v) is 12.2. The molecule has 160 valence electrons. The summed E-state index contributed by atoms with van der Waals surface area (Å²) >= 11 is 9.38. The third-order valence-electron chi connectivity index (χ3n) is 5.08. The minimum Gasteiger partial charge on any atom is -0.353 e. The number of allylic oxidation sites excluding steroid dienone is 2. The molecule has 4 rings (SSSR count). The number of dihydropyridines is 1. The Morgan fingerprint density at radius 3 is 2.59 bits per heavy atom. The number of rotatable bonds is 6. The average Bonchev–Trinajstić information content (AvgIpc) is 3.33. The van der Waals surface area contributed by atoms with Crippen LogP contribution in [0.1, 0.15) is 23.3 Å². The van der Waals surface area contributed by atoms with Gasteiger partial charge >= 0.3 is 0 Å². The van der Waals surface area contributed by atoms with Crippen LogP contribution < -0.4 is 10.6 Å². The first kappa shape index (κ1) is 22.2. The number of amides is 1. The van der Waals surface area contributed by atoms with Gasteiger partial charge in [0.25, 0.3) is 5.91 Å². The van der Waals surface area contributed by atoms with Crippen LogP contribution in [0.25, 0.3) is 0 Å². The first-order chi connectivity index (χ1) is 15.6. The van der Waals surface area contributed by atoms with Gasteiger partial charge in [0.15, 0.2) is 0 Å². The molecule has 0 aliphatic carbocycles. The minimum absolute atomic E-state index is 0.220. The molecule has 3 aromatic rings. The van der Waals surface area contributed by atoms with Gasteiger partial charge in [0.05, 0.1) is 22.6 Å². The quantitative estimate of drug-likeness (QED) is 0.416. The lowest BCUT2D eigenvalue weighted by Crippen LogP contribution is -2.30. The molecule has 0 radical (unpaired) electrons. The maximum absolute atomic E-state index is 13.3. The van der Waals surface area contributed by atoms with Crippen LogP contribution in [0.3, 0.4) is 0 Å². The fourth-order valence-corrected chi connectivity index (χ4v) is 5.77. The molecule has 2 heterocycles.